The predicted molar refractivity (Wildman–Crippen MR) is 96.8 cm³/mol. The van der Waals surface area contributed by atoms with Gasteiger partial charge in [-0.15, -0.1) is 0 Å². The van der Waals surface area contributed by atoms with E-state index in [4.69, 9.17) is 15.6 Å². The number of nitrogens with two attached hydrogens (primary N) is 1. The molecule has 1 heterocycles. The minimum absolute atomic E-state index is 0.0901. The molecule has 2 atom stereocenters. The van der Waals surface area contributed by atoms with Crippen molar-refractivity contribution in [2.45, 2.75) is 64.1 Å². The Balaban J connectivity index is 0.000000506. The normalized spacial score (nSPS) is 21.3. The van der Waals surface area contributed by atoms with Crippen LogP contribution in [0.5, 0.6) is 0 Å². The highest BCUT2D eigenvalue weighted by Crippen LogP contribution is 2.26. The molecule has 0 amide bonds. The van der Waals surface area contributed by atoms with E-state index in [0.29, 0.717) is 0 Å². The van der Waals surface area contributed by atoms with Crippen LogP contribution in [-0.4, -0.2) is 55.6 Å². The number of carbonyl (C=O) groups is 1. The van der Waals surface area contributed by atoms with Gasteiger partial charge in [0.05, 0.1) is 12.2 Å². The third-order valence-electron chi connectivity index (χ3n) is 3.89. The summed E-state index contributed by atoms with van der Waals surface area (Å²) in [4.78, 5) is 10.4. The SMILES string of the molecule is C=CCOC(=O)C(C)O.CCCCCC1(CCCN)CNCCO1. The van der Waals surface area contributed by atoms with E-state index in [1.54, 1.807) is 0 Å². The zero-order chi connectivity index (χ0) is 18.3. The van der Waals surface area contributed by atoms with E-state index in [0.717, 1.165) is 39.1 Å². The lowest BCUT2D eigenvalue weighted by molar-refractivity contribution is -0.151. The Bertz CT molecular complexity index is 329. The second kappa shape index (κ2) is 14.4. The highest BCUT2D eigenvalue weighted by Gasteiger charge is 2.31. The van der Waals surface area contributed by atoms with E-state index in [1.165, 1.54) is 38.7 Å². The number of morpholine rings is 1. The predicted octanol–water partition coefficient (Wildman–Crippen LogP) is 1.76. The van der Waals surface area contributed by atoms with E-state index in [-0.39, 0.29) is 12.2 Å². The molecule has 1 fully saturated rings. The fraction of sp³-hybridized carbons (Fsp3) is 0.833. The first-order valence-electron chi connectivity index (χ1n) is 9.01. The average molecular weight is 344 g/mol. The molecule has 1 aliphatic heterocycles. The fourth-order valence-corrected chi connectivity index (χ4v) is 2.54. The summed E-state index contributed by atoms with van der Waals surface area (Å²) in [7, 11) is 0. The Hall–Kier alpha value is -0.950. The van der Waals surface area contributed by atoms with Gasteiger partial charge in [-0.2, -0.15) is 0 Å². The number of esters is 1. The molecule has 0 spiro atoms. The standard InChI is InChI=1S/C12H26N2O.C6H10O3/c1-2-3-4-6-12(7-5-8-13)11-14-9-10-15-12;1-3-4-9-6(8)5(2)7/h14H,2-11,13H2,1H3;3,5,7H,1,4H2,2H3. The number of aliphatic hydroxyl groups excluding tert-OH is 1. The maximum atomic E-state index is 10.4. The van der Waals surface area contributed by atoms with Crippen LogP contribution in [0.15, 0.2) is 12.7 Å². The molecular formula is C18H36N2O4. The Morgan fingerprint density at radius 1 is 1.46 bits per heavy atom. The van der Waals surface area contributed by atoms with E-state index >= 15 is 0 Å². The Labute approximate surface area is 146 Å². The number of ether oxygens (including phenoxy) is 2. The van der Waals surface area contributed by atoms with Crippen molar-refractivity contribution in [1.29, 1.82) is 0 Å². The topological polar surface area (TPSA) is 93.8 Å². The number of aliphatic hydroxyl groups is 1. The van der Waals surface area contributed by atoms with Crippen molar-refractivity contribution in [3.8, 4) is 0 Å². The van der Waals surface area contributed by atoms with Crippen molar-refractivity contribution >= 4 is 5.97 Å². The van der Waals surface area contributed by atoms with Crippen LogP contribution >= 0.6 is 0 Å². The molecule has 1 rings (SSSR count). The van der Waals surface area contributed by atoms with Crippen LogP contribution in [0.3, 0.4) is 0 Å². The van der Waals surface area contributed by atoms with Crippen LogP contribution in [0.1, 0.15) is 52.4 Å². The van der Waals surface area contributed by atoms with Crippen LogP contribution in [0, 0.1) is 0 Å². The summed E-state index contributed by atoms with van der Waals surface area (Å²) in [5.74, 6) is -0.616. The number of rotatable bonds is 10. The summed E-state index contributed by atoms with van der Waals surface area (Å²) in [5.41, 5.74) is 5.67. The van der Waals surface area contributed by atoms with E-state index < -0.39 is 12.1 Å². The maximum Gasteiger partial charge on any atom is 0.334 e. The third kappa shape index (κ3) is 10.8. The number of nitrogens with one attached hydrogen (secondary N) is 1. The molecule has 24 heavy (non-hydrogen) atoms. The van der Waals surface area contributed by atoms with Gasteiger partial charge in [0, 0.05) is 13.1 Å². The second-order valence-electron chi connectivity index (χ2n) is 6.15. The maximum absolute atomic E-state index is 10.4. The van der Waals surface area contributed by atoms with E-state index in [9.17, 15) is 4.79 Å². The van der Waals surface area contributed by atoms with Crippen molar-refractivity contribution in [3.05, 3.63) is 12.7 Å². The summed E-state index contributed by atoms with van der Waals surface area (Å²) in [6, 6.07) is 0. The molecule has 0 aromatic carbocycles. The van der Waals surface area contributed by atoms with Gasteiger partial charge in [0.25, 0.3) is 0 Å². The van der Waals surface area contributed by atoms with E-state index in [1.807, 2.05) is 0 Å². The van der Waals surface area contributed by atoms with Gasteiger partial charge in [-0.25, -0.2) is 4.79 Å². The Kier molecular flexibility index (Phi) is 13.8. The number of carbonyl (C=O) groups excluding carboxylic acids is 1. The Morgan fingerprint density at radius 3 is 2.67 bits per heavy atom. The first-order chi connectivity index (χ1) is 11.5. The minimum atomic E-state index is -1.04. The monoisotopic (exact) mass is 344 g/mol. The summed E-state index contributed by atoms with van der Waals surface area (Å²) < 4.78 is 10.4. The van der Waals surface area contributed by atoms with Crippen LogP contribution < -0.4 is 11.1 Å². The van der Waals surface area contributed by atoms with Crippen molar-refractivity contribution in [2.75, 3.05) is 32.8 Å². The minimum Gasteiger partial charge on any atom is -0.460 e. The first kappa shape index (κ1) is 23.1. The zero-order valence-corrected chi connectivity index (χ0v) is 15.4. The smallest absolute Gasteiger partial charge is 0.334 e. The molecule has 6 heteroatoms. The van der Waals surface area contributed by atoms with E-state index in [2.05, 4.69) is 23.6 Å². The molecule has 0 radical (unpaired) electrons. The van der Waals surface area contributed by atoms with Crippen LogP contribution in [0.2, 0.25) is 0 Å². The zero-order valence-electron chi connectivity index (χ0n) is 15.4. The lowest BCUT2D eigenvalue weighted by Crippen LogP contribution is -2.49. The molecule has 4 N–H and O–H groups in total. The average Bonchev–Trinajstić information content (AvgIpc) is 2.59. The van der Waals surface area contributed by atoms with Crippen molar-refractivity contribution in [1.82, 2.24) is 5.32 Å². The molecule has 0 bridgehead atoms. The molecular weight excluding hydrogens is 308 g/mol. The highest BCUT2D eigenvalue weighted by molar-refractivity contribution is 5.73. The van der Waals surface area contributed by atoms with Crippen LogP contribution in [-0.2, 0) is 14.3 Å². The second-order valence-corrected chi connectivity index (χ2v) is 6.15. The molecule has 142 valence electrons. The van der Waals surface area contributed by atoms with Gasteiger partial charge in [0.1, 0.15) is 12.7 Å². The molecule has 6 nitrogen and oxygen atoms in total. The molecule has 1 aliphatic rings. The van der Waals surface area contributed by atoms with Gasteiger partial charge in [-0.3, -0.25) is 0 Å². The first-order valence-corrected chi connectivity index (χ1v) is 9.01. The quantitative estimate of drug-likeness (QED) is 0.318. The van der Waals surface area contributed by atoms with Crippen molar-refractivity contribution in [2.24, 2.45) is 5.73 Å². The van der Waals surface area contributed by atoms with Gasteiger partial charge in [-0.1, -0.05) is 38.8 Å². The summed E-state index contributed by atoms with van der Waals surface area (Å²) in [6.07, 6.45) is 7.66. The van der Waals surface area contributed by atoms with Crippen molar-refractivity contribution in [3.63, 3.8) is 0 Å². The van der Waals surface area contributed by atoms with Gasteiger partial charge < -0.3 is 25.6 Å². The summed E-state index contributed by atoms with van der Waals surface area (Å²) in [5, 5.41) is 12.0. The fourth-order valence-electron chi connectivity index (χ4n) is 2.54. The van der Waals surface area contributed by atoms with Crippen LogP contribution in [0.4, 0.5) is 0 Å². The van der Waals surface area contributed by atoms with Crippen LogP contribution in [0.25, 0.3) is 0 Å². The van der Waals surface area contributed by atoms with Gasteiger partial charge in [0.2, 0.25) is 0 Å². The van der Waals surface area contributed by atoms with Gasteiger partial charge >= 0.3 is 5.97 Å². The number of unbranched alkanes of at least 4 members (excludes halogenated alkanes) is 2. The van der Waals surface area contributed by atoms with Gasteiger partial charge in [-0.05, 0) is 32.7 Å². The molecule has 0 aromatic rings. The highest BCUT2D eigenvalue weighted by atomic mass is 16.5. The molecule has 2 unspecified atom stereocenters. The van der Waals surface area contributed by atoms with Gasteiger partial charge in [0.15, 0.2) is 0 Å². The Morgan fingerprint density at radius 2 is 2.17 bits per heavy atom. The number of hydrogen-bond acceptors (Lipinski definition) is 6. The third-order valence-corrected chi connectivity index (χ3v) is 3.89. The lowest BCUT2D eigenvalue weighted by atomic mass is 9.89. The van der Waals surface area contributed by atoms with Crippen molar-refractivity contribution < 1.29 is 19.4 Å². The summed E-state index contributed by atoms with van der Waals surface area (Å²) in [6.45, 7) is 10.7. The number of hydrogen-bond donors (Lipinski definition) is 3. The molecule has 0 aromatic heterocycles. The molecule has 1 saturated heterocycles. The molecule has 0 aliphatic carbocycles. The molecule has 0 saturated carbocycles. The lowest BCUT2D eigenvalue weighted by Gasteiger charge is -2.38. The summed E-state index contributed by atoms with van der Waals surface area (Å²) >= 11 is 0. The largest absolute Gasteiger partial charge is 0.460 e.